The number of aromatic amines is 1. The normalized spacial score (nSPS) is 10.7. The fourth-order valence-corrected chi connectivity index (χ4v) is 3.08. The molecule has 0 fully saturated rings. The summed E-state index contributed by atoms with van der Waals surface area (Å²) in [6.45, 7) is 9.50. The Morgan fingerprint density at radius 1 is 1.17 bits per heavy atom. The predicted molar refractivity (Wildman–Crippen MR) is 94.3 cm³/mol. The van der Waals surface area contributed by atoms with Crippen LogP contribution in [0.2, 0.25) is 0 Å². The van der Waals surface area contributed by atoms with E-state index in [2.05, 4.69) is 15.3 Å². The van der Waals surface area contributed by atoms with E-state index in [4.69, 9.17) is 0 Å². The number of aryl methyl sites for hydroxylation is 4. The Morgan fingerprint density at radius 3 is 2.35 bits per heavy atom. The number of nitrogens with one attached hydrogen (secondary N) is 2. The number of hydrogen-bond acceptors (Lipinski definition) is 4. The molecule has 0 saturated carbocycles. The van der Waals surface area contributed by atoms with Gasteiger partial charge in [-0.2, -0.15) is 0 Å². The van der Waals surface area contributed by atoms with Crippen molar-refractivity contribution in [1.29, 1.82) is 0 Å². The Labute approximate surface area is 139 Å². The fraction of sp³-hybridized carbons (Fsp3) is 0.353. The number of aromatic nitrogens is 2. The quantitative estimate of drug-likeness (QED) is 0.667. The number of rotatable bonds is 4. The second-order valence-electron chi connectivity index (χ2n) is 5.69. The number of nitrogens with zero attached hydrogens (tertiary/aromatic N) is 1. The highest BCUT2D eigenvalue weighted by Gasteiger charge is 2.10. The highest BCUT2D eigenvalue weighted by Crippen LogP contribution is 2.22. The van der Waals surface area contributed by atoms with Gasteiger partial charge in [0.2, 0.25) is 5.91 Å². The van der Waals surface area contributed by atoms with Crippen LogP contribution in [0.15, 0.2) is 22.1 Å². The third-order valence-corrected chi connectivity index (χ3v) is 4.53. The van der Waals surface area contributed by atoms with Gasteiger partial charge in [0.1, 0.15) is 0 Å². The predicted octanol–water partition coefficient (Wildman–Crippen LogP) is 3.04. The van der Waals surface area contributed by atoms with Crippen molar-refractivity contribution in [3.63, 3.8) is 0 Å². The average Bonchev–Trinajstić information content (AvgIpc) is 2.46. The minimum absolute atomic E-state index is 0.120. The number of H-pyrrole nitrogens is 1. The SMILES string of the molecule is Cc1cc(C)c(NC(=O)CSc2nc(C)c(C)c(=O)[nH]2)c(C)c1. The first-order valence-corrected chi connectivity index (χ1v) is 8.34. The van der Waals surface area contributed by atoms with Crippen LogP contribution < -0.4 is 10.9 Å². The maximum absolute atomic E-state index is 12.2. The van der Waals surface area contributed by atoms with Gasteiger partial charge in [0.15, 0.2) is 5.16 Å². The summed E-state index contributed by atoms with van der Waals surface area (Å²) in [6.07, 6.45) is 0. The van der Waals surface area contributed by atoms with E-state index in [1.165, 1.54) is 17.3 Å². The highest BCUT2D eigenvalue weighted by atomic mass is 32.2. The molecule has 1 aromatic heterocycles. The highest BCUT2D eigenvalue weighted by molar-refractivity contribution is 7.99. The molecule has 0 atom stereocenters. The van der Waals surface area contributed by atoms with E-state index in [0.717, 1.165) is 16.8 Å². The van der Waals surface area contributed by atoms with Crippen molar-refractivity contribution in [2.75, 3.05) is 11.1 Å². The lowest BCUT2D eigenvalue weighted by Gasteiger charge is -2.12. The summed E-state index contributed by atoms with van der Waals surface area (Å²) in [7, 11) is 0. The maximum Gasteiger partial charge on any atom is 0.254 e. The standard InChI is InChI=1S/C17H21N3O2S/c1-9-6-10(2)15(11(3)7-9)19-14(21)8-23-17-18-13(5)12(4)16(22)20-17/h6-7H,8H2,1-5H3,(H,19,21)(H,18,20,22). The van der Waals surface area contributed by atoms with Gasteiger partial charge < -0.3 is 10.3 Å². The maximum atomic E-state index is 12.2. The summed E-state index contributed by atoms with van der Waals surface area (Å²) in [4.78, 5) is 30.8. The van der Waals surface area contributed by atoms with Gasteiger partial charge in [0.25, 0.3) is 5.56 Å². The van der Waals surface area contributed by atoms with Gasteiger partial charge in [-0.1, -0.05) is 29.5 Å². The molecule has 0 spiro atoms. The van der Waals surface area contributed by atoms with Crippen molar-refractivity contribution in [2.45, 2.75) is 39.8 Å². The van der Waals surface area contributed by atoms with Crippen LogP contribution in [0, 0.1) is 34.6 Å². The lowest BCUT2D eigenvalue weighted by Crippen LogP contribution is -2.18. The number of hydrogen-bond donors (Lipinski definition) is 2. The molecule has 0 saturated heterocycles. The first-order valence-electron chi connectivity index (χ1n) is 7.36. The number of thioether (sulfide) groups is 1. The van der Waals surface area contributed by atoms with Gasteiger partial charge in [-0.3, -0.25) is 9.59 Å². The Balaban J connectivity index is 2.05. The van der Waals surface area contributed by atoms with Crippen LogP contribution in [0.4, 0.5) is 5.69 Å². The molecule has 5 nitrogen and oxygen atoms in total. The van der Waals surface area contributed by atoms with E-state index in [0.29, 0.717) is 16.4 Å². The minimum Gasteiger partial charge on any atom is -0.325 e. The Hall–Kier alpha value is -2.08. The number of carbonyl (C=O) groups is 1. The van der Waals surface area contributed by atoms with Gasteiger partial charge in [-0.05, 0) is 45.7 Å². The number of benzene rings is 1. The zero-order valence-corrected chi connectivity index (χ0v) is 14.9. The van der Waals surface area contributed by atoms with E-state index in [1.54, 1.807) is 13.8 Å². The molecule has 1 amide bonds. The van der Waals surface area contributed by atoms with E-state index < -0.39 is 0 Å². The monoisotopic (exact) mass is 331 g/mol. The Bertz CT molecular complexity index is 789. The molecule has 2 N–H and O–H groups in total. The molecular weight excluding hydrogens is 310 g/mol. The molecule has 6 heteroatoms. The zero-order valence-electron chi connectivity index (χ0n) is 14.0. The zero-order chi connectivity index (χ0) is 17.1. The van der Waals surface area contributed by atoms with Gasteiger partial charge in [0.05, 0.1) is 5.75 Å². The summed E-state index contributed by atoms with van der Waals surface area (Å²) in [5.41, 5.74) is 5.22. The average molecular weight is 331 g/mol. The van der Waals surface area contributed by atoms with E-state index in [9.17, 15) is 9.59 Å². The van der Waals surface area contributed by atoms with Crippen LogP contribution in [-0.4, -0.2) is 21.6 Å². The van der Waals surface area contributed by atoms with Gasteiger partial charge in [0, 0.05) is 16.9 Å². The first kappa shape index (κ1) is 17.3. The van der Waals surface area contributed by atoms with Crippen LogP contribution >= 0.6 is 11.8 Å². The third kappa shape index (κ3) is 4.22. The molecule has 0 aliphatic heterocycles. The van der Waals surface area contributed by atoms with Gasteiger partial charge in [-0.25, -0.2) is 4.98 Å². The van der Waals surface area contributed by atoms with Crippen LogP contribution in [0.25, 0.3) is 0 Å². The van der Waals surface area contributed by atoms with Crippen LogP contribution in [0.5, 0.6) is 0 Å². The van der Waals surface area contributed by atoms with Crippen LogP contribution in [-0.2, 0) is 4.79 Å². The molecule has 0 bridgehead atoms. The number of anilines is 1. The summed E-state index contributed by atoms with van der Waals surface area (Å²) in [5.74, 6) is 0.0731. The van der Waals surface area contributed by atoms with Crippen molar-refractivity contribution in [3.8, 4) is 0 Å². The number of amides is 1. The van der Waals surface area contributed by atoms with Gasteiger partial charge in [-0.15, -0.1) is 0 Å². The van der Waals surface area contributed by atoms with E-state index in [-0.39, 0.29) is 17.2 Å². The lowest BCUT2D eigenvalue weighted by atomic mass is 10.1. The topological polar surface area (TPSA) is 74.8 Å². The van der Waals surface area contributed by atoms with Crippen LogP contribution in [0.3, 0.4) is 0 Å². The summed E-state index contributed by atoms with van der Waals surface area (Å²) < 4.78 is 0. The van der Waals surface area contributed by atoms with Crippen LogP contribution in [0.1, 0.15) is 27.9 Å². The molecule has 1 heterocycles. The summed E-state index contributed by atoms with van der Waals surface area (Å²) in [5, 5.41) is 3.40. The molecule has 2 aromatic rings. The smallest absolute Gasteiger partial charge is 0.254 e. The molecule has 23 heavy (non-hydrogen) atoms. The molecule has 2 rings (SSSR count). The molecule has 0 aliphatic rings. The molecule has 1 aromatic carbocycles. The van der Waals surface area contributed by atoms with Crippen molar-refractivity contribution in [1.82, 2.24) is 9.97 Å². The lowest BCUT2D eigenvalue weighted by molar-refractivity contribution is -0.113. The summed E-state index contributed by atoms with van der Waals surface area (Å²) in [6, 6.07) is 4.08. The van der Waals surface area contributed by atoms with E-state index >= 15 is 0 Å². The van der Waals surface area contributed by atoms with Crippen molar-refractivity contribution in [3.05, 3.63) is 50.4 Å². The molecule has 0 unspecified atom stereocenters. The second-order valence-corrected chi connectivity index (χ2v) is 6.66. The fourth-order valence-electron chi connectivity index (χ4n) is 2.37. The third-order valence-electron chi connectivity index (χ3n) is 3.65. The first-order chi connectivity index (χ1) is 10.8. The molecule has 122 valence electrons. The van der Waals surface area contributed by atoms with Crippen molar-refractivity contribution >= 4 is 23.4 Å². The second kappa shape index (κ2) is 7.00. The largest absolute Gasteiger partial charge is 0.325 e. The van der Waals surface area contributed by atoms with Crippen molar-refractivity contribution in [2.24, 2.45) is 0 Å². The Morgan fingerprint density at radius 2 is 1.78 bits per heavy atom. The Kier molecular flexibility index (Phi) is 5.26. The molecular formula is C17H21N3O2S. The minimum atomic E-state index is -0.161. The van der Waals surface area contributed by atoms with Gasteiger partial charge >= 0.3 is 0 Å². The molecule has 0 radical (unpaired) electrons. The van der Waals surface area contributed by atoms with E-state index in [1.807, 2.05) is 32.9 Å². The number of carbonyl (C=O) groups excluding carboxylic acids is 1. The molecule has 0 aliphatic carbocycles. The van der Waals surface area contributed by atoms with Crippen molar-refractivity contribution < 1.29 is 4.79 Å². The summed E-state index contributed by atoms with van der Waals surface area (Å²) >= 11 is 1.22.